The molecule has 0 saturated heterocycles. The molecule has 0 N–H and O–H groups in total. The first-order valence-corrected chi connectivity index (χ1v) is 19.8. The van der Waals surface area contributed by atoms with E-state index in [1.807, 2.05) is 6.20 Å². The third-order valence-electron chi connectivity index (χ3n) is 11.5. The average molecular weight is 722 g/mol. The highest BCUT2D eigenvalue weighted by Gasteiger charge is 2.23. The molecule has 0 spiro atoms. The molecular formula is C53H43N3. The maximum absolute atomic E-state index is 5.21. The lowest BCUT2D eigenvalue weighted by atomic mass is 9.83. The minimum absolute atomic E-state index is 0.243. The van der Waals surface area contributed by atoms with Crippen molar-refractivity contribution in [2.45, 2.75) is 39.5 Å². The fourth-order valence-corrected chi connectivity index (χ4v) is 9.20. The Kier molecular flexibility index (Phi) is 8.18. The van der Waals surface area contributed by atoms with Gasteiger partial charge in [0.2, 0.25) is 0 Å². The molecular weight excluding hydrogens is 679 g/mol. The number of hydrogen-bond donors (Lipinski definition) is 0. The fourth-order valence-electron chi connectivity index (χ4n) is 9.20. The number of aromatic nitrogens is 3. The highest BCUT2D eigenvalue weighted by molar-refractivity contribution is 6.10. The van der Waals surface area contributed by atoms with Gasteiger partial charge in [-0.05, 0) is 99.8 Å². The summed E-state index contributed by atoms with van der Waals surface area (Å²) in [4.78, 5) is 5.21. The second-order valence-corrected chi connectivity index (χ2v) is 15.5. The van der Waals surface area contributed by atoms with Crippen molar-refractivity contribution in [1.29, 1.82) is 0 Å². The minimum Gasteiger partial charge on any atom is -0.309 e. The van der Waals surface area contributed by atoms with Gasteiger partial charge in [-0.1, -0.05) is 143 Å². The molecule has 0 aliphatic rings. The van der Waals surface area contributed by atoms with Gasteiger partial charge in [0, 0.05) is 44.7 Å². The molecule has 56 heavy (non-hydrogen) atoms. The number of benzene rings is 7. The van der Waals surface area contributed by atoms with E-state index in [2.05, 4.69) is 207 Å². The van der Waals surface area contributed by atoms with Gasteiger partial charge in [0.05, 0.1) is 27.8 Å². The van der Waals surface area contributed by atoms with Crippen molar-refractivity contribution in [3.63, 3.8) is 0 Å². The van der Waals surface area contributed by atoms with Gasteiger partial charge in [0.15, 0.2) is 0 Å². The van der Waals surface area contributed by atoms with E-state index in [0.29, 0.717) is 0 Å². The smallest absolute Gasteiger partial charge is 0.0745 e. The summed E-state index contributed by atoms with van der Waals surface area (Å²) < 4.78 is 4.81. The number of para-hydroxylation sites is 4. The first-order chi connectivity index (χ1) is 27.5. The normalized spacial score (nSPS) is 11.9. The predicted molar refractivity (Wildman–Crippen MR) is 237 cm³/mol. The first kappa shape index (κ1) is 33.8. The number of nitrogens with zero attached hydrogens (tertiary/aromatic N) is 3. The number of pyridine rings is 1. The fraction of sp³-hybridized carbons (Fsp3) is 0.113. The van der Waals surface area contributed by atoms with E-state index in [0.717, 1.165) is 17.1 Å². The zero-order valence-electron chi connectivity index (χ0n) is 32.2. The van der Waals surface area contributed by atoms with E-state index in [1.165, 1.54) is 82.6 Å². The van der Waals surface area contributed by atoms with E-state index in [1.54, 1.807) is 0 Å². The zero-order chi connectivity index (χ0) is 37.9. The maximum Gasteiger partial charge on any atom is 0.0745 e. The molecule has 0 atom stereocenters. The quantitative estimate of drug-likeness (QED) is 0.161. The largest absolute Gasteiger partial charge is 0.309 e. The molecule has 0 radical (unpaired) electrons. The van der Waals surface area contributed by atoms with E-state index < -0.39 is 0 Å². The van der Waals surface area contributed by atoms with Crippen LogP contribution in [0.25, 0.3) is 88.5 Å². The van der Waals surface area contributed by atoms with E-state index >= 15 is 0 Å². The van der Waals surface area contributed by atoms with Crippen molar-refractivity contribution < 1.29 is 0 Å². The lowest BCUT2D eigenvalue weighted by molar-refractivity contribution is 0.852. The average Bonchev–Trinajstić information content (AvgIpc) is 3.76. The molecule has 7 aromatic carbocycles. The van der Waals surface area contributed by atoms with Gasteiger partial charge in [-0.15, -0.1) is 0 Å². The summed E-state index contributed by atoms with van der Waals surface area (Å²) in [6.45, 7) is 9.23. The SMILES string of the molecule is CC(C)c1c(-c2cccc(-n3c4ccccc4c4ccccc43)c2)cccc1-c1nccc(-c2cccc(-n3c4ccccc4c4ccccc43)c2)c1C(C)C. The lowest BCUT2D eigenvalue weighted by Crippen LogP contribution is -2.04. The van der Waals surface area contributed by atoms with Crippen LogP contribution in [0.5, 0.6) is 0 Å². The summed E-state index contributed by atoms with van der Waals surface area (Å²) in [7, 11) is 0. The highest BCUT2D eigenvalue weighted by atomic mass is 15.0. The molecule has 10 rings (SSSR count). The molecule has 3 heterocycles. The van der Waals surface area contributed by atoms with Gasteiger partial charge in [-0.25, -0.2) is 0 Å². The molecule has 10 aromatic rings. The van der Waals surface area contributed by atoms with E-state index in [9.17, 15) is 0 Å². The van der Waals surface area contributed by atoms with Gasteiger partial charge < -0.3 is 9.13 Å². The standard InChI is InChI=1S/C53H43N3/c1-34(2)51-40(36-16-13-18-38(32-36)55-47-26-9-5-20-42(47)43-21-6-10-27-48(43)55)24-15-25-46(51)53-52(35(3)4)41(30-31-54-53)37-17-14-19-39(33-37)56-49-28-11-7-22-44(49)45-23-8-12-29-50(45)56/h5-35H,1-4H3. The summed E-state index contributed by atoms with van der Waals surface area (Å²) in [5.74, 6) is 0.509. The molecule has 0 saturated carbocycles. The lowest BCUT2D eigenvalue weighted by Gasteiger charge is -2.23. The van der Waals surface area contributed by atoms with Crippen molar-refractivity contribution in [1.82, 2.24) is 14.1 Å². The molecule has 3 nitrogen and oxygen atoms in total. The number of rotatable bonds is 7. The summed E-state index contributed by atoms with van der Waals surface area (Å²) in [5.41, 5.74) is 16.9. The Bertz CT molecular complexity index is 2780. The van der Waals surface area contributed by atoms with Crippen LogP contribution in [0.4, 0.5) is 0 Å². The molecule has 0 bridgehead atoms. The zero-order valence-corrected chi connectivity index (χ0v) is 32.2. The number of fused-ring (bicyclic) bond motifs is 6. The summed E-state index contributed by atoms with van der Waals surface area (Å²) in [6.07, 6.45) is 2.00. The molecule has 0 aliphatic carbocycles. The van der Waals surface area contributed by atoms with Gasteiger partial charge in [-0.2, -0.15) is 0 Å². The second kappa shape index (κ2) is 13.5. The molecule has 0 aliphatic heterocycles. The van der Waals surface area contributed by atoms with Gasteiger partial charge in [0.25, 0.3) is 0 Å². The predicted octanol–water partition coefficient (Wildman–Crippen LogP) is 14.5. The van der Waals surface area contributed by atoms with Crippen LogP contribution in [0, 0.1) is 0 Å². The highest BCUT2D eigenvalue weighted by Crippen LogP contribution is 2.43. The van der Waals surface area contributed by atoms with Crippen molar-refractivity contribution in [2.75, 3.05) is 0 Å². The van der Waals surface area contributed by atoms with Crippen LogP contribution in [0.3, 0.4) is 0 Å². The maximum atomic E-state index is 5.21. The Morgan fingerprint density at radius 1 is 0.375 bits per heavy atom. The van der Waals surface area contributed by atoms with Crippen molar-refractivity contribution in [2.24, 2.45) is 0 Å². The molecule has 0 fully saturated rings. The Labute approximate surface area is 328 Å². The Balaban J connectivity index is 1.13. The van der Waals surface area contributed by atoms with Crippen LogP contribution in [0.2, 0.25) is 0 Å². The second-order valence-electron chi connectivity index (χ2n) is 15.5. The van der Waals surface area contributed by atoms with Crippen LogP contribution >= 0.6 is 0 Å². The number of hydrogen-bond acceptors (Lipinski definition) is 1. The van der Waals surface area contributed by atoms with E-state index in [4.69, 9.17) is 4.98 Å². The topological polar surface area (TPSA) is 22.8 Å². The Morgan fingerprint density at radius 2 is 0.768 bits per heavy atom. The Hall–Kier alpha value is -6.71. The molecule has 270 valence electrons. The third kappa shape index (κ3) is 5.38. The monoisotopic (exact) mass is 721 g/mol. The van der Waals surface area contributed by atoms with E-state index in [-0.39, 0.29) is 11.8 Å². The summed E-state index contributed by atoms with van der Waals surface area (Å²) in [6, 6.07) is 62.0. The van der Waals surface area contributed by atoms with Crippen LogP contribution in [0.1, 0.15) is 50.7 Å². The molecule has 0 unspecified atom stereocenters. The summed E-state index contributed by atoms with van der Waals surface area (Å²) in [5, 5.41) is 5.07. The van der Waals surface area contributed by atoms with Gasteiger partial charge in [0.1, 0.15) is 0 Å². The minimum atomic E-state index is 0.243. The van der Waals surface area contributed by atoms with Crippen molar-refractivity contribution >= 4 is 43.6 Å². The molecule has 3 aromatic heterocycles. The third-order valence-corrected chi connectivity index (χ3v) is 11.5. The van der Waals surface area contributed by atoms with Gasteiger partial charge >= 0.3 is 0 Å². The van der Waals surface area contributed by atoms with Crippen LogP contribution in [-0.4, -0.2) is 14.1 Å². The van der Waals surface area contributed by atoms with Crippen molar-refractivity contribution in [3.05, 3.63) is 187 Å². The Morgan fingerprint density at radius 3 is 1.21 bits per heavy atom. The van der Waals surface area contributed by atoms with Crippen LogP contribution in [-0.2, 0) is 0 Å². The first-order valence-electron chi connectivity index (χ1n) is 19.8. The van der Waals surface area contributed by atoms with Crippen LogP contribution < -0.4 is 0 Å². The molecule has 0 amide bonds. The molecule has 3 heteroatoms. The summed E-state index contributed by atoms with van der Waals surface area (Å²) >= 11 is 0. The van der Waals surface area contributed by atoms with Gasteiger partial charge in [-0.3, -0.25) is 4.98 Å². The van der Waals surface area contributed by atoms with Crippen LogP contribution in [0.15, 0.2) is 176 Å². The van der Waals surface area contributed by atoms with Crippen molar-refractivity contribution in [3.8, 4) is 44.9 Å².